The van der Waals surface area contributed by atoms with Gasteiger partial charge in [0.2, 0.25) is 23.4 Å². The van der Waals surface area contributed by atoms with E-state index in [2.05, 4.69) is 79.8 Å². The van der Waals surface area contributed by atoms with Crippen LogP contribution in [-0.4, -0.2) is 60.1 Å². The number of nitrogens with one attached hydrogen (secondary N) is 1. The second kappa shape index (κ2) is 25.0. The number of aliphatic hydroxyl groups excluding tert-OH is 2. The van der Waals surface area contributed by atoms with E-state index in [1.54, 1.807) is 12.1 Å². The van der Waals surface area contributed by atoms with Gasteiger partial charge < -0.3 is 44.0 Å². The third-order valence-electron chi connectivity index (χ3n) is 18.1. The number of aliphatic hydroxyl groups is 2. The van der Waals surface area contributed by atoms with Crippen LogP contribution in [0, 0.1) is 0 Å². The molecule has 0 saturated heterocycles. The number of carbonyl (C=O) groups is 2. The Morgan fingerprint density at radius 2 is 0.852 bits per heavy atom. The molecule has 9 atom stereocenters. The van der Waals surface area contributed by atoms with Crippen LogP contribution in [0.2, 0.25) is 0 Å². The normalized spacial score (nSPS) is 22.9. The highest BCUT2D eigenvalue weighted by Gasteiger charge is 2.59. The molecule has 1 amide bonds. The number of benzene rings is 8. The molecule has 13 nitrogen and oxygen atoms in total. The maximum Gasteiger partial charge on any atom is 0.252 e. The van der Waals surface area contributed by atoms with Crippen molar-refractivity contribution in [3.05, 3.63) is 283 Å². The van der Waals surface area contributed by atoms with Crippen LogP contribution in [0.15, 0.2) is 204 Å². The molecule has 0 saturated carbocycles. The van der Waals surface area contributed by atoms with Gasteiger partial charge in [-0.15, -0.1) is 0 Å². The van der Waals surface area contributed by atoms with Crippen molar-refractivity contribution >= 4 is 23.5 Å². The molecule has 13 heteroatoms. The van der Waals surface area contributed by atoms with Crippen molar-refractivity contribution in [2.24, 2.45) is 9.98 Å². The minimum atomic E-state index is -1.48. The first kappa shape index (κ1) is 58.6. The van der Waals surface area contributed by atoms with Crippen LogP contribution in [-0.2, 0) is 40.0 Å². The predicted molar refractivity (Wildman–Crippen MR) is 336 cm³/mol. The van der Waals surface area contributed by atoms with E-state index in [9.17, 15) is 19.8 Å². The fraction of sp³-hybridized carbons (Fsp3) is 0.307. The maximum atomic E-state index is 14.2. The van der Waals surface area contributed by atoms with Crippen molar-refractivity contribution in [1.29, 1.82) is 0 Å². The van der Waals surface area contributed by atoms with E-state index in [1.807, 2.05) is 135 Å². The van der Waals surface area contributed by atoms with Crippen molar-refractivity contribution < 1.29 is 48.2 Å². The minimum absolute atomic E-state index is 0.0563. The topological polar surface area (TPSA) is 167 Å². The molecule has 448 valence electrons. The molecule has 0 bridgehead atoms. The lowest BCUT2D eigenvalue weighted by Gasteiger charge is -2.30. The van der Waals surface area contributed by atoms with Gasteiger partial charge in [-0.1, -0.05) is 204 Å². The van der Waals surface area contributed by atoms with Gasteiger partial charge in [-0.2, -0.15) is 0 Å². The number of Topliss-reactive ketones (excluding diaryl/α,β-unsaturated/α-hetero) is 1. The Hall–Kier alpha value is -8.40. The molecule has 0 unspecified atom stereocenters. The Balaban J connectivity index is 0.000000162. The zero-order valence-electron chi connectivity index (χ0n) is 50.0. The van der Waals surface area contributed by atoms with Crippen LogP contribution in [0.1, 0.15) is 207 Å². The molecule has 88 heavy (non-hydrogen) atoms. The number of nitrogens with zero attached hydrogens (tertiary/aromatic N) is 2. The Morgan fingerprint density at radius 1 is 0.466 bits per heavy atom. The summed E-state index contributed by atoms with van der Waals surface area (Å²) in [6.07, 6.45) is 2.00. The number of rotatable bonds is 17. The monoisotopic (exact) mass is 1180 g/mol. The Labute approximate surface area is 514 Å². The molecule has 0 fully saturated rings. The van der Waals surface area contributed by atoms with E-state index < -0.39 is 17.6 Å². The summed E-state index contributed by atoms with van der Waals surface area (Å²) in [6, 6.07) is 62.7. The Bertz CT molecular complexity index is 3660. The first-order valence-corrected chi connectivity index (χ1v) is 31.1. The molecule has 6 aliphatic rings. The van der Waals surface area contributed by atoms with Crippen molar-refractivity contribution in [2.45, 2.75) is 120 Å². The number of ether oxygens (including phenoxy) is 6. The SMILES string of the molecule is CC[C@H]1OC2(O[C@H](CC)c3cccc(C4=N[C@H](c5ccccc5)CO4)c32)c2c(C3=N[C@H](c4ccccc4)CO3)cccc21.CC[C@H]1O[C@@]2(O[C@H](CC)c3cccc(C(=O)N[C@@H](CO)c4ccccc4)c32)c2c(C(=O)C[C@@H](CO)c3ccccc3)cccc21. The lowest BCUT2D eigenvalue weighted by atomic mass is 9.83. The molecular weight excluding hydrogens is 1100 g/mol. The zero-order chi connectivity index (χ0) is 60.5. The van der Waals surface area contributed by atoms with Crippen molar-refractivity contribution in [1.82, 2.24) is 5.32 Å². The lowest BCUT2D eigenvalue weighted by molar-refractivity contribution is -0.236. The van der Waals surface area contributed by atoms with E-state index in [1.165, 1.54) is 0 Å². The van der Waals surface area contributed by atoms with Crippen LogP contribution in [0.4, 0.5) is 0 Å². The molecule has 2 spiro atoms. The number of aliphatic imine (C=N–C) groups is 2. The third kappa shape index (κ3) is 10.4. The number of hydrogen-bond donors (Lipinski definition) is 3. The molecule has 6 heterocycles. The van der Waals surface area contributed by atoms with Gasteiger partial charge in [0.15, 0.2) is 5.78 Å². The maximum absolute atomic E-state index is 14.2. The number of ketones is 1. The lowest BCUT2D eigenvalue weighted by Crippen LogP contribution is -2.35. The first-order chi connectivity index (χ1) is 43.1. The van der Waals surface area contributed by atoms with Crippen LogP contribution in [0.3, 0.4) is 0 Å². The van der Waals surface area contributed by atoms with E-state index in [0.29, 0.717) is 60.1 Å². The number of hydrogen-bond acceptors (Lipinski definition) is 12. The summed E-state index contributed by atoms with van der Waals surface area (Å²) in [5.74, 6) is -2.22. The van der Waals surface area contributed by atoms with Gasteiger partial charge >= 0.3 is 0 Å². The van der Waals surface area contributed by atoms with Crippen LogP contribution in [0.5, 0.6) is 0 Å². The van der Waals surface area contributed by atoms with E-state index in [0.717, 1.165) is 79.6 Å². The van der Waals surface area contributed by atoms with Gasteiger partial charge in [0, 0.05) is 56.8 Å². The fourth-order valence-corrected chi connectivity index (χ4v) is 13.9. The molecule has 6 aliphatic heterocycles. The van der Waals surface area contributed by atoms with Gasteiger partial charge in [-0.3, -0.25) is 9.59 Å². The molecule has 8 aromatic carbocycles. The smallest absolute Gasteiger partial charge is 0.252 e. The van der Waals surface area contributed by atoms with Crippen LogP contribution in [0.25, 0.3) is 0 Å². The van der Waals surface area contributed by atoms with Gasteiger partial charge in [-0.25, -0.2) is 9.98 Å². The average Bonchev–Trinajstić information content (AvgIpc) is 1.56. The molecule has 0 aromatic heterocycles. The van der Waals surface area contributed by atoms with Crippen molar-refractivity contribution in [2.75, 3.05) is 26.4 Å². The van der Waals surface area contributed by atoms with Crippen molar-refractivity contribution in [3.8, 4) is 0 Å². The van der Waals surface area contributed by atoms with E-state index in [-0.39, 0.29) is 73.7 Å². The van der Waals surface area contributed by atoms with E-state index >= 15 is 0 Å². The number of fused-ring (bicyclic) bond motifs is 8. The van der Waals surface area contributed by atoms with Gasteiger partial charge in [0.05, 0.1) is 43.7 Å². The summed E-state index contributed by atoms with van der Waals surface area (Å²) < 4.78 is 40.5. The first-order valence-electron chi connectivity index (χ1n) is 31.1. The molecule has 0 radical (unpaired) electrons. The Kier molecular flexibility index (Phi) is 16.6. The molecule has 14 rings (SSSR count). The largest absolute Gasteiger partial charge is 0.475 e. The summed E-state index contributed by atoms with van der Waals surface area (Å²) in [7, 11) is 0. The molecule has 0 aliphatic carbocycles. The highest BCUT2D eigenvalue weighted by Crippen LogP contribution is 2.61. The van der Waals surface area contributed by atoms with E-state index in [4.69, 9.17) is 38.4 Å². The average molecular weight is 1180 g/mol. The second-order valence-electron chi connectivity index (χ2n) is 23.3. The summed E-state index contributed by atoms with van der Waals surface area (Å²) >= 11 is 0. The quantitative estimate of drug-likeness (QED) is 0.0747. The second-order valence-corrected chi connectivity index (χ2v) is 23.3. The third-order valence-corrected chi connectivity index (χ3v) is 18.1. The molecule has 3 N–H and O–H groups in total. The zero-order valence-corrected chi connectivity index (χ0v) is 50.0. The van der Waals surface area contributed by atoms with Gasteiger partial charge in [0.1, 0.15) is 25.3 Å². The summed E-state index contributed by atoms with van der Waals surface area (Å²) in [6.45, 7) is 8.92. The predicted octanol–water partition coefficient (Wildman–Crippen LogP) is 14.5. The molecule has 8 aromatic rings. The molecular formula is C75H73N3O10. The highest BCUT2D eigenvalue weighted by molar-refractivity contribution is 6.02. The number of amides is 1. The van der Waals surface area contributed by atoms with Crippen LogP contribution < -0.4 is 5.32 Å². The Morgan fingerprint density at radius 3 is 1.28 bits per heavy atom. The van der Waals surface area contributed by atoms with Crippen molar-refractivity contribution in [3.63, 3.8) is 0 Å². The van der Waals surface area contributed by atoms with Gasteiger partial charge in [-0.05, 0) is 88.4 Å². The summed E-state index contributed by atoms with van der Waals surface area (Å²) in [5.41, 5.74) is 13.8. The fourth-order valence-electron chi connectivity index (χ4n) is 13.9. The standard InChI is InChI=1S/C38H39NO6.C37H34N2O4/c1-3-33-28-18-11-17-27(32(42)21-26(22-40)24-13-7-5-8-14-24)35(28)38(44-33)36-29(34(4-2)45-38)19-12-20-30(36)37(43)39-31(23-41)25-15-9-6-10-16-25;1-3-31-25-17-11-19-27(35-38-29(21-40-35)23-13-7-5-8-14-23)33(25)37(42-31)34-26(32(4-2)43-37)18-12-20-28(34)36-39-30(22-41-36)24-15-9-6-10-16-24/h5-20,26,31,33-34,40-41H,3-4,21-23H2,1-2H3,(H,39,43);5-20,29-32H,3-4,21-22H2,1-2H3/t26-,31-,33+,34+,38+;29-,30-,31+,32+,37?/m00/s1. The summed E-state index contributed by atoms with van der Waals surface area (Å²) in [5, 5.41) is 23.5. The minimum Gasteiger partial charge on any atom is -0.475 e. The summed E-state index contributed by atoms with van der Waals surface area (Å²) in [4.78, 5) is 38.4. The number of carbonyl (C=O) groups excluding carboxylic acids is 2. The van der Waals surface area contributed by atoms with Gasteiger partial charge in [0.25, 0.3) is 5.91 Å². The van der Waals surface area contributed by atoms with Crippen LogP contribution >= 0.6 is 0 Å². The highest BCUT2D eigenvalue weighted by atomic mass is 16.7.